The van der Waals surface area contributed by atoms with E-state index in [0.29, 0.717) is 0 Å². The maximum atomic E-state index is 14.2. The zero-order chi connectivity index (χ0) is 13.1. The summed E-state index contributed by atoms with van der Waals surface area (Å²) >= 11 is 5.02. The van der Waals surface area contributed by atoms with Crippen LogP contribution in [0, 0.1) is 0 Å². The lowest BCUT2D eigenvalue weighted by Crippen LogP contribution is -2.28. The molecule has 0 heterocycles. The second kappa shape index (κ2) is 5.87. The van der Waals surface area contributed by atoms with E-state index in [1.807, 2.05) is 6.92 Å². The van der Waals surface area contributed by atoms with Gasteiger partial charge < -0.3 is 4.74 Å². The number of hydrogen-bond donors (Lipinski definition) is 0. The van der Waals surface area contributed by atoms with Crippen LogP contribution in [0.4, 0.5) is 4.39 Å². The standard InChI is InChI=1S/C12H14BrFO2S/c1-4-17-10-6-5-8(7-9(10)13)12(2,14)11(15)16-3/h5-7H,4H2,1-3H3. The third-order valence-electron chi connectivity index (χ3n) is 2.34. The van der Waals surface area contributed by atoms with Crippen LogP contribution in [0.3, 0.4) is 0 Å². The van der Waals surface area contributed by atoms with Gasteiger partial charge in [-0.25, -0.2) is 9.18 Å². The molecule has 0 aliphatic heterocycles. The van der Waals surface area contributed by atoms with Crippen LogP contribution in [0.1, 0.15) is 19.4 Å². The SMILES string of the molecule is CCSc1ccc(C(C)(F)C(=O)OC)cc1Br. The van der Waals surface area contributed by atoms with Gasteiger partial charge >= 0.3 is 5.97 Å². The van der Waals surface area contributed by atoms with E-state index in [1.165, 1.54) is 14.0 Å². The third kappa shape index (κ3) is 3.22. The number of benzene rings is 1. The van der Waals surface area contributed by atoms with Gasteiger partial charge in [-0.05, 0) is 40.7 Å². The van der Waals surface area contributed by atoms with Gasteiger partial charge in [0.05, 0.1) is 7.11 Å². The van der Waals surface area contributed by atoms with E-state index < -0.39 is 11.6 Å². The van der Waals surface area contributed by atoms with E-state index in [1.54, 1.807) is 30.0 Å². The van der Waals surface area contributed by atoms with Crippen LogP contribution in [0.25, 0.3) is 0 Å². The van der Waals surface area contributed by atoms with Gasteiger partial charge in [0.1, 0.15) is 0 Å². The Labute approximate surface area is 113 Å². The predicted molar refractivity (Wildman–Crippen MR) is 71.0 cm³/mol. The maximum Gasteiger partial charge on any atom is 0.348 e. The number of thioether (sulfide) groups is 1. The van der Waals surface area contributed by atoms with Crippen molar-refractivity contribution in [3.05, 3.63) is 28.2 Å². The predicted octanol–water partition coefficient (Wildman–Crippen LogP) is 3.92. The van der Waals surface area contributed by atoms with Crippen LogP contribution in [0.15, 0.2) is 27.6 Å². The van der Waals surface area contributed by atoms with E-state index in [9.17, 15) is 9.18 Å². The maximum absolute atomic E-state index is 14.2. The molecule has 1 atom stereocenters. The Balaban J connectivity index is 3.08. The summed E-state index contributed by atoms with van der Waals surface area (Å²) in [7, 11) is 1.18. The molecular weight excluding hydrogens is 307 g/mol. The molecule has 94 valence electrons. The van der Waals surface area contributed by atoms with Crippen molar-refractivity contribution in [2.75, 3.05) is 12.9 Å². The topological polar surface area (TPSA) is 26.3 Å². The molecule has 1 aromatic rings. The highest BCUT2D eigenvalue weighted by Gasteiger charge is 2.36. The van der Waals surface area contributed by atoms with Crippen LogP contribution < -0.4 is 0 Å². The number of methoxy groups -OCH3 is 1. The second-order valence-corrected chi connectivity index (χ2v) is 5.73. The number of esters is 1. The zero-order valence-corrected chi connectivity index (χ0v) is 12.3. The van der Waals surface area contributed by atoms with Crippen molar-refractivity contribution >= 4 is 33.7 Å². The summed E-state index contributed by atoms with van der Waals surface area (Å²) < 4.78 is 19.5. The van der Waals surface area contributed by atoms with Gasteiger partial charge in [-0.2, -0.15) is 0 Å². The Kier molecular flexibility index (Phi) is 5.01. The minimum Gasteiger partial charge on any atom is -0.466 e. The van der Waals surface area contributed by atoms with Crippen LogP contribution in [-0.4, -0.2) is 18.8 Å². The number of hydrogen-bond acceptors (Lipinski definition) is 3. The minimum absolute atomic E-state index is 0.289. The molecular formula is C12H14BrFO2S. The summed E-state index contributed by atoms with van der Waals surface area (Å²) in [6.45, 7) is 3.24. The Morgan fingerprint density at radius 2 is 2.24 bits per heavy atom. The summed E-state index contributed by atoms with van der Waals surface area (Å²) in [4.78, 5) is 12.4. The van der Waals surface area contributed by atoms with Crippen molar-refractivity contribution in [2.24, 2.45) is 0 Å². The van der Waals surface area contributed by atoms with Crippen molar-refractivity contribution in [2.45, 2.75) is 24.4 Å². The molecule has 0 fully saturated rings. The van der Waals surface area contributed by atoms with Gasteiger partial charge in [0.15, 0.2) is 0 Å². The number of rotatable bonds is 4. The number of alkyl halides is 1. The lowest BCUT2D eigenvalue weighted by molar-refractivity contribution is -0.154. The van der Waals surface area contributed by atoms with Gasteiger partial charge in [0.25, 0.3) is 0 Å². The molecule has 0 spiro atoms. The molecule has 0 aliphatic rings. The van der Waals surface area contributed by atoms with Gasteiger partial charge in [0.2, 0.25) is 5.67 Å². The van der Waals surface area contributed by atoms with Crippen molar-refractivity contribution in [3.8, 4) is 0 Å². The van der Waals surface area contributed by atoms with Gasteiger partial charge in [-0.1, -0.05) is 13.0 Å². The fourth-order valence-electron chi connectivity index (χ4n) is 1.37. The number of ether oxygens (including phenoxy) is 1. The molecule has 1 rings (SSSR count). The van der Waals surface area contributed by atoms with Crippen molar-refractivity contribution in [3.63, 3.8) is 0 Å². The Hall–Kier alpha value is -0.550. The fraction of sp³-hybridized carbons (Fsp3) is 0.417. The minimum atomic E-state index is -2.12. The first-order valence-corrected chi connectivity index (χ1v) is 6.91. The molecule has 0 radical (unpaired) electrons. The van der Waals surface area contributed by atoms with Gasteiger partial charge in [-0.3, -0.25) is 0 Å². The van der Waals surface area contributed by atoms with Gasteiger partial charge in [-0.15, -0.1) is 11.8 Å². The molecule has 1 unspecified atom stereocenters. The number of halogens is 2. The van der Waals surface area contributed by atoms with Crippen molar-refractivity contribution in [1.82, 2.24) is 0 Å². The average molecular weight is 321 g/mol. The van der Waals surface area contributed by atoms with E-state index in [0.717, 1.165) is 15.1 Å². The summed E-state index contributed by atoms with van der Waals surface area (Å²) in [5, 5.41) is 0. The van der Waals surface area contributed by atoms with E-state index in [-0.39, 0.29) is 5.56 Å². The molecule has 0 N–H and O–H groups in total. The molecule has 1 aromatic carbocycles. The molecule has 5 heteroatoms. The molecule has 0 saturated heterocycles. The zero-order valence-electron chi connectivity index (χ0n) is 9.92. The quantitative estimate of drug-likeness (QED) is 0.621. The first kappa shape index (κ1) is 14.5. The van der Waals surface area contributed by atoms with Gasteiger partial charge in [0, 0.05) is 14.9 Å². The highest BCUT2D eigenvalue weighted by atomic mass is 79.9. The monoisotopic (exact) mass is 320 g/mol. The highest BCUT2D eigenvalue weighted by Crippen LogP contribution is 2.34. The molecule has 0 saturated carbocycles. The Morgan fingerprint density at radius 1 is 1.59 bits per heavy atom. The fourth-order valence-corrected chi connectivity index (χ4v) is 2.77. The molecule has 0 amide bonds. The summed E-state index contributed by atoms with van der Waals surface area (Å²) in [6, 6.07) is 5.03. The van der Waals surface area contributed by atoms with E-state index in [2.05, 4.69) is 20.7 Å². The smallest absolute Gasteiger partial charge is 0.348 e. The van der Waals surface area contributed by atoms with Crippen LogP contribution in [0.2, 0.25) is 0 Å². The van der Waals surface area contributed by atoms with Crippen LogP contribution in [0.5, 0.6) is 0 Å². The summed E-state index contributed by atoms with van der Waals surface area (Å²) in [6.07, 6.45) is 0. The molecule has 0 aromatic heterocycles. The van der Waals surface area contributed by atoms with E-state index in [4.69, 9.17) is 0 Å². The molecule has 0 bridgehead atoms. The Bertz CT molecular complexity index is 421. The third-order valence-corrected chi connectivity index (χ3v) is 4.22. The van der Waals surface area contributed by atoms with Crippen LogP contribution in [-0.2, 0) is 15.2 Å². The lowest BCUT2D eigenvalue weighted by Gasteiger charge is -2.18. The molecule has 17 heavy (non-hydrogen) atoms. The molecule has 2 nitrogen and oxygen atoms in total. The summed E-state index contributed by atoms with van der Waals surface area (Å²) in [5.74, 6) is 0.0438. The first-order chi connectivity index (χ1) is 7.93. The normalized spacial score (nSPS) is 14.2. The van der Waals surface area contributed by atoms with Crippen molar-refractivity contribution in [1.29, 1.82) is 0 Å². The largest absolute Gasteiger partial charge is 0.466 e. The average Bonchev–Trinajstić information content (AvgIpc) is 2.30. The lowest BCUT2D eigenvalue weighted by atomic mass is 9.98. The Morgan fingerprint density at radius 3 is 2.71 bits per heavy atom. The van der Waals surface area contributed by atoms with Crippen molar-refractivity contribution < 1.29 is 13.9 Å². The summed E-state index contributed by atoms with van der Waals surface area (Å²) in [5.41, 5.74) is -1.83. The first-order valence-electron chi connectivity index (χ1n) is 5.13. The molecule has 0 aliphatic carbocycles. The second-order valence-electron chi connectivity index (χ2n) is 3.57. The number of carbonyl (C=O) groups excluding carboxylic acids is 1. The number of carbonyl (C=O) groups is 1. The van der Waals surface area contributed by atoms with E-state index >= 15 is 0 Å². The van der Waals surface area contributed by atoms with Crippen LogP contribution >= 0.6 is 27.7 Å². The highest BCUT2D eigenvalue weighted by molar-refractivity contribution is 9.10.